The van der Waals surface area contributed by atoms with Crippen LogP contribution < -0.4 is 0 Å². The largest absolute Gasteiger partial charge is 0.456 e. The van der Waals surface area contributed by atoms with Crippen molar-refractivity contribution >= 4 is 32.7 Å². The minimum absolute atomic E-state index is 0.0164. The minimum Gasteiger partial charge on any atom is -0.456 e. The number of nitrogens with zero attached hydrogens (tertiary/aromatic N) is 3. The molecule has 0 saturated heterocycles. The van der Waals surface area contributed by atoms with Crippen LogP contribution in [-0.2, 0) is 0 Å². The molecule has 1 atom stereocenters. The number of rotatable bonds is 8. The van der Waals surface area contributed by atoms with E-state index in [0.29, 0.717) is 17.5 Å². The molecule has 55 heavy (non-hydrogen) atoms. The molecule has 0 bridgehead atoms. The second-order valence-corrected chi connectivity index (χ2v) is 14.0. The number of para-hydroxylation sites is 1. The van der Waals surface area contributed by atoms with Gasteiger partial charge in [0.1, 0.15) is 11.2 Å². The highest BCUT2D eigenvalue weighted by atomic mass is 16.3. The van der Waals surface area contributed by atoms with Gasteiger partial charge < -0.3 is 4.42 Å². The number of hydrogen-bond acceptors (Lipinski definition) is 4. The zero-order valence-electron chi connectivity index (χ0n) is 30.0. The molecule has 0 aliphatic carbocycles. The third-order valence-electron chi connectivity index (χ3n) is 10.6. The van der Waals surface area contributed by atoms with Crippen LogP contribution in [0.2, 0.25) is 0 Å². The van der Waals surface area contributed by atoms with E-state index in [1.807, 2.05) is 24.3 Å². The van der Waals surface area contributed by atoms with E-state index in [0.717, 1.165) is 44.0 Å². The van der Waals surface area contributed by atoms with Crippen molar-refractivity contribution < 1.29 is 4.42 Å². The first-order chi connectivity index (χ1) is 27.2. The topological polar surface area (TPSA) is 51.8 Å². The summed E-state index contributed by atoms with van der Waals surface area (Å²) in [5, 5.41) is 4.45. The molecule has 0 spiro atoms. The van der Waals surface area contributed by atoms with Crippen LogP contribution in [0.25, 0.3) is 66.9 Å². The van der Waals surface area contributed by atoms with Gasteiger partial charge in [0, 0.05) is 39.3 Å². The second-order valence-electron chi connectivity index (χ2n) is 14.0. The predicted octanol–water partition coefficient (Wildman–Crippen LogP) is 12.9. The number of furan rings is 1. The lowest BCUT2D eigenvalue weighted by Crippen LogP contribution is -2.15. The molecule has 260 valence electrons. The molecule has 8 aromatic carbocycles. The predicted molar refractivity (Wildman–Crippen MR) is 224 cm³/mol. The molecule has 0 aliphatic rings. The van der Waals surface area contributed by atoms with Crippen molar-refractivity contribution in [3.63, 3.8) is 0 Å². The van der Waals surface area contributed by atoms with Crippen LogP contribution in [0.15, 0.2) is 205 Å². The number of fused-ring (bicyclic) bond motifs is 4. The summed E-state index contributed by atoms with van der Waals surface area (Å²) in [5.74, 6) is 1.90. The molecule has 0 aliphatic heterocycles. The number of benzene rings is 8. The smallest absolute Gasteiger partial charge is 0.164 e. The van der Waals surface area contributed by atoms with E-state index in [2.05, 4.69) is 176 Å². The van der Waals surface area contributed by atoms with Gasteiger partial charge >= 0.3 is 0 Å². The molecule has 10 rings (SSSR count). The lowest BCUT2D eigenvalue weighted by atomic mass is 9.73. The van der Waals surface area contributed by atoms with Gasteiger partial charge in [0.2, 0.25) is 0 Å². The van der Waals surface area contributed by atoms with E-state index in [1.54, 1.807) is 0 Å². The van der Waals surface area contributed by atoms with Crippen molar-refractivity contribution in [3.8, 4) is 34.2 Å². The fourth-order valence-electron chi connectivity index (χ4n) is 7.96. The van der Waals surface area contributed by atoms with Crippen molar-refractivity contribution in [2.24, 2.45) is 0 Å². The minimum atomic E-state index is 0.0164. The van der Waals surface area contributed by atoms with E-state index in [9.17, 15) is 0 Å². The van der Waals surface area contributed by atoms with Crippen LogP contribution in [0.1, 0.15) is 34.1 Å². The fourth-order valence-corrected chi connectivity index (χ4v) is 7.96. The first-order valence-corrected chi connectivity index (χ1v) is 18.7. The molecule has 0 N–H and O–H groups in total. The Morgan fingerprint density at radius 2 is 0.782 bits per heavy atom. The normalized spacial score (nSPS) is 12.1. The highest BCUT2D eigenvalue weighted by molar-refractivity contribution is 6.05. The quantitative estimate of drug-likeness (QED) is 0.158. The van der Waals surface area contributed by atoms with Gasteiger partial charge in [-0.15, -0.1) is 0 Å². The summed E-state index contributed by atoms with van der Waals surface area (Å²) in [5.41, 5.74) is 9.32. The fraction of sp³-hybridized carbons (Fsp3) is 0.0392. The molecule has 1 unspecified atom stereocenters. The summed E-state index contributed by atoms with van der Waals surface area (Å²) in [6.45, 7) is 0. The Balaban J connectivity index is 1.15. The van der Waals surface area contributed by atoms with Crippen LogP contribution in [0.5, 0.6) is 0 Å². The van der Waals surface area contributed by atoms with Gasteiger partial charge in [-0.05, 0) is 63.4 Å². The highest BCUT2D eigenvalue weighted by Crippen LogP contribution is 2.44. The summed E-state index contributed by atoms with van der Waals surface area (Å²) in [6, 6.07) is 70.4. The monoisotopic (exact) mass is 705 g/mol. The van der Waals surface area contributed by atoms with Gasteiger partial charge in [-0.2, -0.15) is 0 Å². The molecular weight excluding hydrogens is 671 g/mol. The Bertz CT molecular complexity index is 2900. The lowest BCUT2D eigenvalue weighted by molar-refractivity contribution is 0.669. The van der Waals surface area contributed by atoms with Crippen LogP contribution >= 0.6 is 0 Å². The van der Waals surface area contributed by atoms with E-state index < -0.39 is 0 Å². The van der Waals surface area contributed by atoms with Gasteiger partial charge in [0.25, 0.3) is 0 Å². The van der Waals surface area contributed by atoms with E-state index >= 15 is 0 Å². The molecule has 0 saturated carbocycles. The third-order valence-corrected chi connectivity index (χ3v) is 10.6. The summed E-state index contributed by atoms with van der Waals surface area (Å²) in [4.78, 5) is 15.5. The van der Waals surface area contributed by atoms with Crippen molar-refractivity contribution in [2.75, 3.05) is 0 Å². The van der Waals surface area contributed by atoms with Gasteiger partial charge in [-0.25, -0.2) is 15.0 Å². The first kappa shape index (κ1) is 32.5. The molecule has 4 nitrogen and oxygen atoms in total. The van der Waals surface area contributed by atoms with Gasteiger partial charge in [0.15, 0.2) is 17.5 Å². The van der Waals surface area contributed by atoms with Crippen molar-refractivity contribution in [2.45, 2.75) is 11.8 Å². The Morgan fingerprint density at radius 1 is 0.309 bits per heavy atom. The molecule has 0 radical (unpaired) electrons. The first-order valence-electron chi connectivity index (χ1n) is 18.7. The summed E-state index contributed by atoms with van der Waals surface area (Å²) < 4.78 is 6.30. The van der Waals surface area contributed by atoms with E-state index in [1.165, 1.54) is 27.6 Å². The second kappa shape index (κ2) is 14.0. The van der Waals surface area contributed by atoms with E-state index in [-0.39, 0.29) is 11.8 Å². The zero-order chi connectivity index (χ0) is 36.6. The number of aromatic nitrogens is 3. The molecule has 0 fully saturated rings. The maximum Gasteiger partial charge on any atom is 0.164 e. The summed E-state index contributed by atoms with van der Waals surface area (Å²) in [6.07, 6.45) is 0. The molecular formula is C51H35N3O. The van der Waals surface area contributed by atoms with E-state index in [4.69, 9.17) is 19.4 Å². The standard InChI is InChI=1S/C51H35N3O/c1-4-16-35(17-5-1)47(36-18-6-2-7-19-36)48(37-20-8-3-9-21-37)39-23-14-24-40(32-39)49-52-50(41-28-27-34-15-10-11-22-38(34)31-41)54-51(53-49)42-29-30-44-43-25-12-13-26-45(43)55-46(44)33-42/h1-33,47-48H. The maximum atomic E-state index is 6.30. The van der Waals surface area contributed by atoms with Crippen LogP contribution in [-0.4, -0.2) is 15.0 Å². The number of hydrogen-bond donors (Lipinski definition) is 0. The average molecular weight is 706 g/mol. The summed E-state index contributed by atoms with van der Waals surface area (Å²) in [7, 11) is 0. The van der Waals surface area contributed by atoms with Crippen LogP contribution in [0.4, 0.5) is 0 Å². The summed E-state index contributed by atoms with van der Waals surface area (Å²) >= 11 is 0. The van der Waals surface area contributed by atoms with Crippen LogP contribution in [0, 0.1) is 0 Å². The zero-order valence-corrected chi connectivity index (χ0v) is 30.0. The highest BCUT2D eigenvalue weighted by Gasteiger charge is 2.28. The Labute approximate surface area is 319 Å². The van der Waals surface area contributed by atoms with Crippen molar-refractivity contribution in [3.05, 3.63) is 222 Å². The molecule has 2 heterocycles. The SMILES string of the molecule is c1ccc(C(c2ccccc2)C(c2ccccc2)c2cccc(-c3nc(-c4ccc5ccccc5c4)nc(-c4ccc5c(c4)oc4ccccc45)n3)c2)cc1. The Kier molecular flexibility index (Phi) is 8.27. The Hall–Kier alpha value is -7.17. The average Bonchev–Trinajstić information content (AvgIpc) is 3.64. The Morgan fingerprint density at radius 3 is 1.44 bits per heavy atom. The van der Waals surface area contributed by atoms with Gasteiger partial charge in [0.05, 0.1) is 0 Å². The molecule has 0 amide bonds. The van der Waals surface area contributed by atoms with Gasteiger partial charge in [-0.1, -0.05) is 170 Å². The van der Waals surface area contributed by atoms with Crippen molar-refractivity contribution in [1.29, 1.82) is 0 Å². The van der Waals surface area contributed by atoms with Crippen molar-refractivity contribution in [1.82, 2.24) is 15.0 Å². The lowest BCUT2D eigenvalue weighted by Gasteiger charge is -2.30. The van der Waals surface area contributed by atoms with Gasteiger partial charge in [-0.3, -0.25) is 0 Å². The maximum absolute atomic E-state index is 6.30. The molecule has 10 aromatic rings. The van der Waals surface area contributed by atoms with Crippen LogP contribution in [0.3, 0.4) is 0 Å². The third kappa shape index (κ3) is 6.24. The molecule has 2 aromatic heterocycles. The molecule has 4 heteroatoms.